The molecular formula is C23H28F2N2O4S. The number of benzene rings is 1. The van der Waals surface area contributed by atoms with Gasteiger partial charge in [0.25, 0.3) is 5.91 Å². The lowest BCUT2D eigenvalue weighted by molar-refractivity contribution is -0.0880. The standard InChI is InChI=1S/C23H28F2N2O4S/c24-20-17(22(29)26-32(30,31)27-4-1-5-27)8-16(13-2-3-13)21(28)19(20)18-14-6-12-7-15(18)11-23(25,9-12)10-14/h8,12-15,18,28H,1-7,9-11H2,(H,26,29). The van der Waals surface area contributed by atoms with Gasteiger partial charge in [-0.2, -0.15) is 12.7 Å². The molecule has 1 aromatic carbocycles. The summed E-state index contributed by atoms with van der Waals surface area (Å²) in [6.45, 7) is 0.660. The van der Waals surface area contributed by atoms with Crippen LogP contribution in [0.2, 0.25) is 0 Å². The number of hydrogen-bond donors (Lipinski definition) is 2. The van der Waals surface area contributed by atoms with E-state index in [1.165, 1.54) is 6.07 Å². The Labute approximate surface area is 186 Å². The number of nitrogens with one attached hydrogen (secondary N) is 1. The fraction of sp³-hybridized carbons (Fsp3) is 0.696. The van der Waals surface area contributed by atoms with E-state index >= 15 is 8.78 Å². The number of phenols is 1. The van der Waals surface area contributed by atoms with Crippen LogP contribution in [-0.2, 0) is 10.2 Å². The van der Waals surface area contributed by atoms with Gasteiger partial charge in [-0.25, -0.2) is 13.5 Å². The van der Waals surface area contributed by atoms with E-state index in [1.807, 2.05) is 4.72 Å². The molecule has 2 atom stereocenters. The van der Waals surface area contributed by atoms with Gasteiger partial charge in [-0.05, 0) is 92.6 Å². The van der Waals surface area contributed by atoms with E-state index in [2.05, 4.69) is 0 Å². The van der Waals surface area contributed by atoms with Crippen molar-refractivity contribution in [3.8, 4) is 5.75 Å². The minimum absolute atomic E-state index is 0.0391. The number of alkyl halides is 1. The van der Waals surface area contributed by atoms with Crippen LogP contribution in [0.4, 0.5) is 8.78 Å². The molecule has 9 heteroatoms. The number of rotatable bonds is 5. The molecule has 0 aromatic heterocycles. The van der Waals surface area contributed by atoms with E-state index in [1.54, 1.807) is 0 Å². The van der Waals surface area contributed by atoms with Crippen molar-refractivity contribution in [2.24, 2.45) is 17.8 Å². The maximum absolute atomic E-state index is 15.9. The minimum atomic E-state index is -4.02. The molecular weight excluding hydrogens is 438 g/mol. The Morgan fingerprint density at radius 3 is 2.34 bits per heavy atom. The van der Waals surface area contributed by atoms with E-state index in [4.69, 9.17) is 0 Å². The maximum atomic E-state index is 15.9. The van der Waals surface area contributed by atoms with Gasteiger partial charge in [0.05, 0.1) is 5.56 Å². The average Bonchev–Trinajstić information content (AvgIpc) is 3.45. The molecule has 2 N–H and O–H groups in total. The van der Waals surface area contributed by atoms with Gasteiger partial charge in [-0.3, -0.25) is 4.79 Å². The van der Waals surface area contributed by atoms with Crippen molar-refractivity contribution in [1.82, 2.24) is 9.03 Å². The monoisotopic (exact) mass is 466 g/mol. The van der Waals surface area contributed by atoms with Crippen LogP contribution in [0, 0.1) is 23.6 Å². The highest BCUT2D eigenvalue weighted by Crippen LogP contribution is 2.64. The third-order valence-electron chi connectivity index (χ3n) is 8.47. The lowest BCUT2D eigenvalue weighted by Crippen LogP contribution is -2.52. The molecule has 1 amide bonds. The normalized spacial score (nSPS) is 36.2. The number of halogens is 2. The zero-order valence-electron chi connectivity index (χ0n) is 17.8. The van der Waals surface area contributed by atoms with E-state index < -0.39 is 27.6 Å². The number of aromatic hydroxyl groups is 1. The molecule has 174 valence electrons. The van der Waals surface area contributed by atoms with Crippen molar-refractivity contribution in [2.45, 2.75) is 68.9 Å². The van der Waals surface area contributed by atoms with Gasteiger partial charge in [0, 0.05) is 18.7 Å². The van der Waals surface area contributed by atoms with Crippen molar-refractivity contribution < 1.29 is 27.1 Å². The SMILES string of the molecule is O=C(NS(=O)(=O)N1CCC1)c1cc(C2CC2)c(O)c(C2C3CC4CC2CC(F)(C4)C3)c1F. The number of nitrogens with zero attached hydrogens (tertiary/aromatic N) is 1. The van der Waals surface area contributed by atoms with Crippen LogP contribution < -0.4 is 4.72 Å². The average molecular weight is 467 g/mol. The second-order valence-corrected chi connectivity index (χ2v) is 12.4. The lowest BCUT2D eigenvalue weighted by atomic mass is 9.49. The van der Waals surface area contributed by atoms with E-state index in [0.717, 1.165) is 36.4 Å². The van der Waals surface area contributed by atoms with Crippen LogP contribution in [0.5, 0.6) is 5.75 Å². The number of carbonyl (C=O) groups excluding carboxylic acids is 1. The Hall–Kier alpha value is -1.74. The Morgan fingerprint density at radius 1 is 1.16 bits per heavy atom. The summed E-state index contributed by atoms with van der Waals surface area (Å²) in [7, 11) is -4.02. The van der Waals surface area contributed by atoms with Crippen LogP contribution in [0.1, 0.15) is 84.7 Å². The Balaban J connectivity index is 1.41. The summed E-state index contributed by atoms with van der Waals surface area (Å²) < 4.78 is 59.1. The van der Waals surface area contributed by atoms with Crippen molar-refractivity contribution in [2.75, 3.05) is 13.1 Å². The fourth-order valence-corrected chi connectivity index (χ4v) is 8.24. The van der Waals surface area contributed by atoms with Gasteiger partial charge >= 0.3 is 10.2 Å². The summed E-state index contributed by atoms with van der Waals surface area (Å²) in [6, 6.07) is 1.32. The molecule has 32 heavy (non-hydrogen) atoms. The highest BCUT2D eigenvalue weighted by Gasteiger charge is 2.57. The molecule has 5 saturated carbocycles. The predicted molar refractivity (Wildman–Crippen MR) is 113 cm³/mol. The molecule has 4 bridgehead atoms. The largest absolute Gasteiger partial charge is 0.507 e. The molecule has 6 nitrogen and oxygen atoms in total. The summed E-state index contributed by atoms with van der Waals surface area (Å²) in [5.74, 6) is -2.11. The van der Waals surface area contributed by atoms with E-state index in [-0.39, 0.29) is 40.5 Å². The molecule has 5 aliphatic carbocycles. The third-order valence-corrected chi connectivity index (χ3v) is 9.96. The van der Waals surface area contributed by atoms with Gasteiger partial charge in [-0.1, -0.05) is 0 Å². The number of carbonyl (C=O) groups is 1. The van der Waals surface area contributed by atoms with E-state index in [9.17, 15) is 18.3 Å². The van der Waals surface area contributed by atoms with Gasteiger partial charge in [0.2, 0.25) is 0 Å². The van der Waals surface area contributed by atoms with E-state index in [0.29, 0.717) is 43.8 Å². The molecule has 1 heterocycles. The first kappa shape index (κ1) is 20.8. The quantitative estimate of drug-likeness (QED) is 0.693. The van der Waals surface area contributed by atoms with Crippen molar-refractivity contribution >= 4 is 16.1 Å². The number of amides is 1. The van der Waals surface area contributed by atoms with Gasteiger partial charge < -0.3 is 5.11 Å². The fourth-order valence-electron chi connectivity index (χ4n) is 7.03. The summed E-state index contributed by atoms with van der Waals surface area (Å²) in [4.78, 5) is 12.9. The number of phenolic OH excluding ortho intramolecular Hbond substituents is 1. The topological polar surface area (TPSA) is 86.7 Å². The molecule has 0 radical (unpaired) electrons. The Bertz CT molecular complexity index is 1080. The van der Waals surface area contributed by atoms with Crippen molar-refractivity contribution in [3.05, 3.63) is 28.6 Å². The third kappa shape index (κ3) is 3.18. The van der Waals surface area contributed by atoms with Crippen LogP contribution in [-0.4, -0.2) is 42.5 Å². The number of hydrogen-bond acceptors (Lipinski definition) is 4. The Morgan fingerprint density at radius 2 is 1.81 bits per heavy atom. The molecule has 7 rings (SSSR count). The van der Waals surface area contributed by atoms with Crippen molar-refractivity contribution in [3.63, 3.8) is 0 Å². The van der Waals surface area contributed by atoms with Gasteiger partial charge in [0.15, 0.2) is 0 Å². The second kappa shape index (κ2) is 6.88. The molecule has 1 aromatic rings. The molecule has 1 aliphatic heterocycles. The first-order valence-corrected chi connectivity index (χ1v) is 13.2. The molecule has 0 spiro atoms. The maximum Gasteiger partial charge on any atom is 0.304 e. The minimum Gasteiger partial charge on any atom is -0.507 e. The molecule has 6 fully saturated rings. The zero-order valence-corrected chi connectivity index (χ0v) is 18.6. The highest BCUT2D eigenvalue weighted by atomic mass is 32.2. The van der Waals surface area contributed by atoms with Crippen LogP contribution in [0.15, 0.2) is 6.07 Å². The first-order valence-electron chi connectivity index (χ1n) is 11.7. The predicted octanol–water partition coefficient (Wildman–Crippen LogP) is 3.72. The summed E-state index contributed by atoms with van der Waals surface area (Å²) in [5.41, 5.74) is -0.916. The zero-order chi connectivity index (χ0) is 22.4. The summed E-state index contributed by atoms with van der Waals surface area (Å²) >= 11 is 0. The van der Waals surface area contributed by atoms with Crippen molar-refractivity contribution in [1.29, 1.82) is 0 Å². The van der Waals surface area contributed by atoms with Gasteiger partial charge in [0.1, 0.15) is 17.2 Å². The van der Waals surface area contributed by atoms with Gasteiger partial charge in [-0.15, -0.1) is 0 Å². The highest BCUT2D eigenvalue weighted by molar-refractivity contribution is 7.87. The molecule has 2 unspecified atom stereocenters. The smallest absolute Gasteiger partial charge is 0.304 e. The summed E-state index contributed by atoms with van der Waals surface area (Å²) in [6.07, 6.45) is 5.31. The van der Waals surface area contributed by atoms with Crippen LogP contribution in [0.25, 0.3) is 0 Å². The molecule has 6 aliphatic rings. The lowest BCUT2D eigenvalue weighted by Gasteiger charge is -2.57. The second-order valence-electron chi connectivity index (χ2n) is 10.7. The first-order chi connectivity index (χ1) is 15.2. The molecule has 1 saturated heterocycles. The van der Waals surface area contributed by atoms with Crippen LogP contribution in [0.3, 0.4) is 0 Å². The Kier molecular flexibility index (Phi) is 4.48. The van der Waals surface area contributed by atoms with Crippen LogP contribution >= 0.6 is 0 Å². The summed E-state index contributed by atoms with van der Waals surface area (Å²) in [5, 5.41) is 11.1.